The first-order valence-corrected chi connectivity index (χ1v) is 9.08. The van der Waals surface area contributed by atoms with E-state index in [4.69, 9.17) is 0 Å². The van der Waals surface area contributed by atoms with E-state index in [1.165, 1.54) is 5.56 Å². The summed E-state index contributed by atoms with van der Waals surface area (Å²) in [5.41, 5.74) is 2.72. The molecule has 3 rings (SSSR count). The highest BCUT2D eigenvalue weighted by molar-refractivity contribution is 9.10. The number of aromatic nitrogens is 2. The van der Waals surface area contributed by atoms with Crippen LogP contribution in [-0.2, 0) is 6.42 Å². The van der Waals surface area contributed by atoms with Gasteiger partial charge < -0.3 is 5.32 Å². The minimum atomic E-state index is -0.116. The van der Waals surface area contributed by atoms with Crippen molar-refractivity contribution in [2.75, 3.05) is 0 Å². The molecule has 0 aliphatic carbocycles. The van der Waals surface area contributed by atoms with Crippen molar-refractivity contribution in [1.82, 2.24) is 15.1 Å². The molecule has 1 atom stereocenters. The Hall–Kier alpha value is -2.40. The van der Waals surface area contributed by atoms with Gasteiger partial charge in [-0.25, -0.2) is 4.68 Å². The van der Waals surface area contributed by atoms with Crippen LogP contribution in [0.4, 0.5) is 0 Å². The third-order valence-electron chi connectivity index (χ3n) is 4.04. The molecule has 0 saturated carbocycles. The van der Waals surface area contributed by atoms with Crippen LogP contribution < -0.4 is 5.32 Å². The number of carbonyl (C=O) groups excluding carboxylic acids is 1. The van der Waals surface area contributed by atoms with Crippen LogP contribution >= 0.6 is 15.9 Å². The highest BCUT2D eigenvalue weighted by Gasteiger charge is 2.18. The normalized spacial score (nSPS) is 11.9. The zero-order valence-corrected chi connectivity index (χ0v) is 15.6. The van der Waals surface area contributed by atoms with Gasteiger partial charge in [-0.15, -0.1) is 0 Å². The van der Waals surface area contributed by atoms with Crippen LogP contribution in [0.15, 0.2) is 71.5 Å². The third-order valence-corrected chi connectivity index (χ3v) is 4.81. The number of hydrogen-bond donors (Lipinski definition) is 1. The molecule has 1 aromatic heterocycles. The number of benzene rings is 2. The van der Waals surface area contributed by atoms with E-state index in [2.05, 4.69) is 38.5 Å². The average Bonchev–Trinajstić information content (AvgIpc) is 3.03. The highest BCUT2D eigenvalue weighted by atomic mass is 79.9. The average molecular weight is 398 g/mol. The number of amides is 1. The zero-order valence-electron chi connectivity index (χ0n) is 14.0. The Labute approximate surface area is 156 Å². The molecule has 1 heterocycles. The van der Waals surface area contributed by atoms with E-state index >= 15 is 0 Å². The van der Waals surface area contributed by atoms with E-state index in [1.807, 2.05) is 55.5 Å². The lowest BCUT2D eigenvalue weighted by molar-refractivity contribution is 0.0937. The molecule has 0 aliphatic rings. The second kappa shape index (κ2) is 8.12. The highest BCUT2D eigenvalue weighted by Crippen LogP contribution is 2.21. The second-order valence-electron chi connectivity index (χ2n) is 6.00. The van der Waals surface area contributed by atoms with Crippen molar-refractivity contribution >= 4 is 21.8 Å². The predicted molar refractivity (Wildman–Crippen MR) is 103 cm³/mol. The van der Waals surface area contributed by atoms with Crippen molar-refractivity contribution in [3.05, 3.63) is 82.6 Å². The van der Waals surface area contributed by atoms with E-state index in [1.54, 1.807) is 10.9 Å². The number of nitrogens with one attached hydrogen (secondary N) is 1. The number of rotatable bonds is 6. The summed E-state index contributed by atoms with van der Waals surface area (Å²) in [7, 11) is 0. The molecule has 5 heteroatoms. The molecule has 0 aliphatic heterocycles. The summed E-state index contributed by atoms with van der Waals surface area (Å²) in [6.45, 7) is 2.02. The van der Waals surface area contributed by atoms with Crippen molar-refractivity contribution in [3.63, 3.8) is 0 Å². The Kier molecular flexibility index (Phi) is 5.66. The summed E-state index contributed by atoms with van der Waals surface area (Å²) < 4.78 is 2.37. The monoisotopic (exact) mass is 397 g/mol. The lowest BCUT2D eigenvalue weighted by atomic mass is 10.1. The van der Waals surface area contributed by atoms with E-state index in [9.17, 15) is 4.79 Å². The molecule has 1 N–H and O–H groups in total. The van der Waals surface area contributed by atoms with Crippen molar-refractivity contribution < 1.29 is 4.79 Å². The van der Waals surface area contributed by atoms with Gasteiger partial charge in [-0.1, -0.05) is 48.5 Å². The molecule has 1 amide bonds. The standard InChI is InChI=1S/C20H20BrN3O/c1-15(12-13-16-8-4-2-5-9-16)23-20(25)18-14-22-24(19(18)21)17-10-6-3-7-11-17/h2-11,14-15H,12-13H2,1H3,(H,23,25)/t15-/m1/s1. The van der Waals surface area contributed by atoms with Crippen molar-refractivity contribution in [2.45, 2.75) is 25.8 Å². The molecular formula is C20H20BrN3O. The van der Waals surface area contributed by atoms with E-state index in [0.717, 1.165) is 18.5 Å². The number of hydrogen-bond acceptors (Lipinski definition) is 2. The SMILES string of the molecule is C[C@H](CCc1ccccc1)NC(=O)c1cnn(-c2ccccc2)c1Br. The zero-order chi connectivity index (χ0) is 17.6. The first kappa shape index (κ1) is 17.4. The molecule has 2 aromatic carbocycles. The van der Waals surface area contributed by atoms with Crippen molar-refractivity contribution in [2.24, 2.45) is 0 Å². The molecule has 3 aromatic rings. The lowest BCUT2D eigenvalue weighted by Gasteiger charge is -2.13. The van der Waals surface area contributed by atoms with E-state index < -0.39 is 0 Å². The lowest BCUT2D eigenvalue weighted by Crippen LogP contribution is -2.32. The van der Waals surface area contributed by atoms with Gasteiger partial charge in [-0.05, 0) is 53.4 Å². The number of halogens is 1. The molecule has 0 bridgehead atoms. The molecule has 0 saturated heterocycles. The maximum Gasteiger partial charge on any atom is 0.255 e. The maximum absolute atomic E-state index is 12.5. The molecule has 128 valence electrons. The quantitative estimate of drug-likeness (QED) is 0.670. The molecule has 0 spiro atoms. The van der Waals surface area contributed by atoms with Gasteiger partial charge in [-0.3, -0.25) is 4.79 Å². The fourth-order valence-electron chi connectivity index (χ4n) is 2.64. The number of nitrogens with zero attached hydrogens (tertiary/aromatic N) is 2. The van der Waals surface area contributed by atoms with Crippen molar-refractivity contribution in [1.29, 1.82) is 0 Å². The summed E-state index contributed by atoms with van der Waals surface area (Å²) in [6, 6.07) is 20.1. The first-order valence-electron chi connectivity index (χ1n) is 8.29. The first-order chi connectivity index (χ1) is 12.1. The summed E-state index contributed by atoms with van der Waals surface area (Å²) in [5, 5.41) is 7.37. The van der Waals surface area contributed by atoms with Crippen LogP contribution in [0.1, 0.15) is 29.3 Å². The maximum atomic E-state index is 12.5. The van der Waals surface area contributed by atoms with Gasteiger partial charge in [0.15, 0.2) is 0 Å². The number of para-hydroxylation sites is 1. The Balaban J connectivity index is 1.62. The topological polar surface area (TPSA) is 46.9 Å². The molecule has 0 fully saturated rings. The smallest absolute Gasteiger partial charge is 0.255 e. The molecular weight excluding hydrogens is 378 g/mol. The largest absolute Gasteiger partial charge is 0.349 e. The Morgan fingerprint density at radius 3 is 2.44 bits per heavy atom. The van der Waals surface area contributed by atoms with Crippen LogP contribution in [0.5, 0.6) is 0 Å². The summed E-state index contributed by atoms with van der Waals surface area (Å²) in [4.78, 5) is 12.5. The van der Waals surface area contributed by atoms with E-state index in [-0.39, 0.29) is 11.9 Å². The van der Waals surface area contributed by atoms with Gasteiger partial charge in [0.1, 0.15) is 4.60 Å². The van der Waals surface area contributed by atoms with Crippen LogP contribution in [0, 0.1) is 0 Å². The number of carbonyl (C=O) groups is 1. The van der Waals surface area contributed by atoms with Gasteiger partial charge in [0, 0.05) is 6.04 Å². The van der Waals surface area contributed by atoms with Crippen LogP contribution in [0.25, 0.3) is 5.69 Å². The third kappa shape index (κ3) is 4.37. The Morgan fingerprint density at radius 2 is 1.76 bits per heavy atom. The Bertz CT molecular complexity index is 831. The summed E-state index contributed by atoms with van der Waals surface area (Å²) in [6.07, 6.45) is 3.42. The minimum Gasteiger partial charge on any atom is -0.349 e. The Morgan fingerprint density at radius 1 is 1.12 bits per heavy atom. The van der Waals surface area contributed by atoms with Gasteiger partial charge in [-0.2, -0.15) is 5.10 Å². The van der Waals surface area contributed by atoms with Gasteiger partial charge >= 0.3 is 0 Å². The van der Waals surface area contributed by atoms with Gasteiger partial charge in [0.2, 0.25) is 0 Å². The number of aryl methyl sites for hydroxylation is 1. The van der Waals surface area contributed by atoms with Crippen LogP contribution in [0.2, 0.25) is 0 Å². The van der Waals surface area contributed by atoms with Gasteiger partial charge in [0.25, 0.3) is 5.91 Å². The van der Waals surface area contributed by atoms with Crippen LogP contribution in [-0.4, -0.2) is 21.7 Å². The summed E-state index contributed by atoms with van der Waals surface area (Å²) in [5.74, 6) is -0.116. The molecule has 25 heavy (non-hydrogen) atoms. The molecule has 0 unspecified atom stereocenters. The fraction of sp³-hybridized carbons (Fsp3) is 0.200. The van der Waals surface area contributed by atoms with Crippen molar-refractivity contribution in [3.8, 4) is 5.69 Å². The fourth-order valence-corrected chi connectivity index (χ4v) is 3.22. The van der Waals surface area contributed by atoms with Crippen LogP contribution in [0.3, 0.4) is 0 Å². The van der Waals surface area contributed by atoms with Gasteiger partial charge in [0.05, 0.1) is 17.4 Å². The predicted octanol–water partition coefficient (Wildman–Crippen LogP) is 4.39. The molecule has 4 nitrogen and oxygen atoms in total. The van der Waals surface area contributed by atoms with E-state index in [0.29, 0.717) is 10.2 Å². The molecule has 0 radical (unpaired) electrons. The second-order valence-corrected chi connectivity index (χ2v) is 6.75. The summed E-state index contributed by atoms with van der Waals surface area (Å²) >= 11 is 3.49. The minimum absolute atomic E-state index is 0.0830.